The monoisotopic (exact) mass is 235 g/mol. The number of ether oxygens (including phenoxy) is 1. The van der Waals surface area contributed by atoms with E-state index < -0.39 is 0 Å². The maximum atomic E-state index is 5.45. The molecular formula is C13H21N3O. The van der Waals surface area contributed by atoms with E-state index in [-0.39, 0.29) is 0 Å². The minimum atomic E-state index is 0.668. The van der Waals surface area contributed by atoms with E-state index in [1.165, 1.54) is 0 Å². The number of hydrogen-bond donors (Lipinski definition) is 0. The Bertz CT molecular complexity index is 376. The average Bonchev–Trinajstić information content (AvgIpc) is 2.26. The summed E-state index contributed by atoms with van der Waals surface area (Å²) in [4.78, 5) is 8.55. The predicted octanol–water partition coefficient (Wildman–Crippen LogP) is 2.20. The minimum absolute atomic E-state index is 0.668. The Balaban J connectivity index is 2.98. The summed E-state index contributed by atoms with van der Waals surface area (Å²) in [5, 5.41) is 0. The first-order valence-electron chi connectivity index (χ1n) is 5.70. The Labute approximate surface area is 104 Å². The van der Waals surface area contributed by atoms with Crippen molar-refractivity contribution in [3.05, 3.63) is 24.3 Å². The third kappa shape index (κ3) is 3.98. The average molecular weight is 235 g/mol. The molecule has 0 spiro atoms. The van der Waals surface area contributed by atoms with Gasteiger partial charge < -0.3 is 14.5 Å². The van der Waals surface area contributed by atoms with E-state index in [1.54, 1.807) is 0 Å². The summed E-state index contributed by atoms with van der Waals surface area (Å²) >= 11 is 0. The molecule has 4 heteroatoms. The fourth-order valence-electron chi connectivity index (χ4n) is 1.52. The molecule has 17 heavy (non-hydrogen) atoms. The lowest BCUT2D eigenvalue weighted by Gasteiger charge is -2.22. The molecule has 0 atom stereocenters. The van der Waals surface area contributed by atoms with Gasteiger partial charge >= 0.3 is 0 Å². The number of hydrogen-bond acceptors (Lipinski definition) is 2. The fourth-order valence-corrected chi connectivity index (χ4v) is 1.52. The molecule has 0 fully saturated rings. The van der Waals surface area contributed by atoms with Crippen molar-refractivity contribution in [3.63, 3.8) is 0 Å². The van der Waals surface area contributed by atoms with Crippen LogP contribution in [0.4, 0.5) is 5.69 Å². The first-order chi connectivity index (χ1) is 8.04. The van der Waals surface area contributed by atoms with Crippen LogP contribution in [0.3, 0.4) is 0 Å². The molecule has 0 bridgehead atoms. The molecule has 1 aromatic rings. The van der Waals surface area contributed by atoms with E-state index in [0.717, 1.165) is 17.4 Å². The van der Waals surface area contributed by atoms with Crippen LogP contribution in [-0.4, -0.2) is 50.6 Å². The van der Waals surface area contributed by atoms with Crippen molar-refractivity contribution in [2.75, 3.05) is 34.8 Å². The highest BCUT2D eigenvalue weighted by Crippen LogP contribution is 2.20. The molecular weight excluding hydrogens is 214 g/mol. The van der Waals surface area contributed by atoms with Crippen LogP contribution < -0.4 is 4.74 Å². The second kappa shape index (κ2) is 6.13. The first kappa shape index (κ1) is 13.4. The highest BCUT2D eigenvalue weighted by molar-refractivity contribution is 5.82. The van der Waals surface area contributed by atoms with Gasteiger partial charge in [0.25, 0.3) is 0 Å². The second-order valence-corrected chi connectivity index (χ2v) is 4.13. The number of guanidine groups is 1. The van der Waals surface area contributed by atoms with Crippen molar-refractivity contribution in [1.82, 2.24) is 9.80 Å². The Morgan fingerprint density at radius 2 is 1.82 bits per heavy atom. The topological polar surface area (TPSA) is 28.1 Å². The van der Waals surface area contributed by atoms with Gasteiger partial charge in [-0.15, -0.1) is 0 Å². The van der Waals surface area contributed by atoms with Gasteiger partial charge in [-0.2, -0.15) is 0 Å². The van der Waals surface area contributed by atoms with Crippen LogP contribution >= 0.6 is 0 Å². The van der Waals surface area contributed by atoms with Gasteiger partial charge in [0.05, 0.1) is 12.3 Å². The second-order valence-electron chi connectivity index (χ2n) is 4.13. The van der Waals surface area contributed by atoms with E-state index in [9.17, 15) is 0 Å². The maximum Gasteiger partial charge on any atom is 0.200 e. The first-order valence-corrected chi connectivity index (χ1v) is 5.70. The van der Waals surface area contributed by atoms with Gasteiger partial charge in [-0.25, -0.2) is 4.99 Å². The lowest BCUT2D eigenvalue weighted by molar-refractivity contribution is 0.340. The van der Waals surface area contributed by atoms with E-state index in [1.807, 2.05) is 69.2 Å². The van der Waals surface area contributed by atoms with Gasteiger partial charge in [-0.1, -0.05) is 6.07 Å². The summed E-state index contributed by atoms with van der Waals surface area (Å²) in [5.74, 6) is 1.75. The molecule has 0 aliphatic carbocycles. The van der Waals surface area contributed by atoms with Crippen LogP contribution in [0.1, 0.15) is 6.92 Å². The van der Waals surface area contributed by atoms with Crippen LogP contribution in [0.15, 0.2) is 29.3 Å². The Hall–Kier alpha value is -1.71. The maximum absolute atomic E-state index is 5.45. The van der Waals surface area contributed by atoms with Gasteiger partial charge in [-0.3, -0.25) is 0 Å². The van der Waals surface area contributed by atoms with E-state index in [0.29, 0.717) is 6.61 Å². The Morgan fingerprint density at radius 3 is 2.35 bits per heavy atom. The fraction of sp³-hybridized carbons (Fsp3) is 0.462. The molecule has 0 saturated heterocycles. The predicted molar refractivity (Wildman–Crippen MR) is 72.1 cm³/mol. The largest absolute Gasteiger partial charge is 0.494 e. The summed E-state index contributed by atoms with van der Waals surface area (Å²) in [5.41, 5.74) is 0.897. The summed E-state index contributed by atoms with van der Waals surface area (Å²) in [6.45, 7) is 2.64. The number of aliphatic imine (C=N–C) groups is 1. The van der Waals surface area contributed by atoms with Crippen molar-refractivity contribution in [2.45, 2.75) is 6.92 Å². The third-order valence-corrected chi connectivity index (χ3v) is 2.16. The molecule has 4 nitrogen and oxygen atoms in total. The third-order valence-electron chi connectivity index (χ3n) is 2.16. The molecule has 0 N–H and O–H groups in total. The van der Waals surface area contributed by atoms with Crippen LogP contribution in [0, 0.1) is 0 Å². The van der Waals surface area contributed by atoms with Gasteiger partial charge in [0.2, 0.25) is 5.96 Å². The minimum Gasteiger partial charge on any atom is -0.494 e. The summed E-state index contributed by atoms with van der Waals surface area (Å²) in [6, 6.07) is 7.80. The standard InChI is InChI=1S/C13H21N3O/c1-6-17-12-9-7-8-11(10-12)14-13(15(2)3)16(4)5/h7-10H,6H2,1-5H3. The molecule has 0 aliphatic rings. The molecule has 94 valence electrons. The lowest BCUT2D eigenvalue weighted by Crippen LogP contribution is -2.35. The number of rotatable bonds is 3. The summed E-state index contributed by atoms with van der Waals surface area (Å²) in [6.07, 6.45) is 0. The Kier molecular flexibility index (Phi) is 4.82. The van der Waals surface area contributed by atoms with Crippen molar-refractivity contribution in [1.29, 1.82) is 0 Å². The molecule has 1 aromatic carbocycles. The zero-order valence-electron chi connectivity index (χ0n) is 11.3. The molecule has 0 radical (unpaired) electrons. The van der Waals surface area contributed by atoms with Crippen molar-refractivity contribution in [2.24, 2.45) is 4.99 Å². The summed E-state index contributed by atoms with van der Waals surface area (Å²) < 4.78 is 5.45. The van der Waals surface area contributed by atoms with Gasteiger partial charge in [0.1, 0.15) is 5.75 Å². The van der Waals surface area contributed by atoms with Crippen LogP contribution in [0.2, 0.25) is 0 Å². The van der Waals surface area contributed by atoms with Crippen molar-refractivity contribution >= 4 is 11.6 Å². The highest BCUT2D eigenvalue weighted by atomic mass is 16.5. The molecule has 0 heterocycles. The van der Waals surface area contributed by atoms with Crippen LogP contribution in [-0.2, 0) is 0 Å². The van der Waals surface area contributed by atoms with Crippen LogP contribution in [0.5, 0.6) is 5.75 Å². The zero-order valence-corrected chi connectivity index (χ0v) is 11.3. The molecule has 0 aliphatic heterocycles. The van der Waals surface area contributed by atoms with Crippen LogP contribution in [0.25, 0.3) is 0 Å². The molecule has 0 unspecified atom stereocenters. The molecule has 1 rings (SSSR count). The summed E-state index contributed by atoms with van der Waals surface area (Å²) in [7, 11) is 7.91. The smallest absolute Gasteiger partial charge is 0.200 e. The van der Waals surface area contributed by atoms with Gasteiger partial charge in [-0.05, 0) is 19.1 Å². The SMILES string of the molecule is CCOc1cccc(N=C(N(C)C)N(C)C)c1. The number of benzene rings is 1. The Morgan fingerprint density at radius 1 is 1.18 bits per heavy atom. The zero-order chi connectivity index (χ0) is 12.8. The van der Waals surface area contributed by atoms with E-state index in [4.69, 9.17) is 4.74 Å². The number of nitrogens with zero attached hydrogens (tertiary/aromatic N) is 3. The van der Waals surface area contributed by atoms with E-state index in [2.05, 4.69) is 4.99 Å². The quantitative estimate of drug-likeness (QED) is 0.594. The normalized spacial score (nSPS) is 9.71. The van der Waals surface area contributed by atoms with Gasteiger partial charge in [0.15, 0.2) is 0 Å². The van der Waals surface area contributed by atoms with Gasteiger partial charge in [0, 0.05) is 34.3 Å². The lowest BCUT2D eigenvalue weighted by atomic mass is 10.3. The molecule has 0 aromatic heterocycles. The van der Waals surface area contributed by atoms with Crippen molar-refractivity contribution < 1.29 is 4.74 Å². The highest BCUT2D eigenvalue weighted by Gasteiger charge is 2.04. The molecule has 0 saturated carbocycles. The van der Waals surface area contributed by atoms with E-state index >= 15 is 0 Å². The van der Waals surface area contributed by atoms with Crippen molar-refractivity contribution in [3.8, 4) is 5.75 Å². The molecule has 0 amide bonds.